The van der Waals surface area contributed by atoms with Crippen LogP contribution in [0, 0.1) is 0 Å². The molecule has 0 bridgehead atoms. The van der Waals surface area contributed by atoms with Gasteiger partial charge in [0.25, 0.3) is 0 Å². The van der Waals surface area contributed by atoms with Crippen LogP contribution in [0.25, 0.3) is 0 Å². The number of nitrogens with two attached hydrogens (primary N) is 2. The number of hydrogen-bond acceptors (Lipinski definition) is 5. The summed E-state index contributed by atoms with van der Waals surface area (Å²) in [5.41, 5.74) is 11.0. The molecule has 0 aromatic carbocycles. The van der Waals surface area contributed by atoms with Gasteiger partial charge >= 0.3 is 29.6 Å². The molecule has 13 heavy (non-hydrogen) atoms. The van der Waals surface area contributed by atoms with E-state index in [1.165, 1.54) is 17.9 Å². The molecule has 0 unspecified atom stereocenters. The Bertz CT molecular complexity index is 179. The fourth-order valence-corrected chi connectivity index (χ4v) is 0.743. The van der Waals surface area contributed by atoms with Crippen LogP contribution >= 0.6 is 0 Å². The van der Waals surface area contributed by atoms with Crippen LogP contribution in [0.3, 0.4) is 0 Å². The van der Waals surface area contributed by atoms with Gasteiger partial charge in [-0.2, -0.15) is 0 Å². The van der Waals surface area contributed by atoms with E-state index in [0.717, 1.165) is 0 Å². The average Bonchev–Trinajstić information content (AvgIpc) is 1.83. The number of carboxylic acid groups (broad SMARTS) is 1. The van der Waals surface area contributed by atoms with Gasteiger partial charge in [-0.15, -0.1) is 6.58 Å². The largest absolute Gasteiger partial charge is 1.00 e. The second-order valence-electron chi connectivity index (χ2n) is 2.77. The maximum atomic E-state index is 10.2. The first-order valence-electron chi connectivity index (χ1n) is 3.51. The summed E-state index contributed by atoms with van der Waals surface area (Å²) in [6.07, 6.45) is 1.53. The number of carboxylic acids is 1. The summed E-state index contributed by atoms with van der Waals surface area (Å²) in [7, 11) is 0. The van der Waals surface area contributed by atoms with Crippen molar-refractivity contribution in [2.24, 2.45) is 11.5 Å². The standard InChI is InChI=1S/C7H15N3O2.Na/c1-3-4-10(5-6(11)12)7(2,8)9;/h3H,1,4-5,8-9H2,2H3,(H,11,12);/q;+1/p-1. The van der Waals surface area contributed by atoms with Crippen LogP contribution < -0.4 is 46.1 Å². The number of rotatable bonds is 5. The van der Waals surface area contributed by atoms with Gasteiger partial charge in [-0.3, -0.25) is 4.90 Å². The summed E-state index contributed by atoms with van der Waals surface area (Å²) in [4.78, 5) is 11.6. The maximum absolute atomic E-state index is 10.2. The minimum atomic E-state index is -1.21. The van der Waals surface area contributed by atoms with Crippen molar-refractivity contribution in [1.29, 1.82) is 0 Å². The van der Waals surface area contributed by atoms with Crippen molar-refractivity contribution in [3.8, 4) is 0 Å². The molecule has 4 N–H and O–H groups in total. The summed E-state index contributed by atoms with van der Waals surface area (Å²) in [5.74, 6) is -2.37. The molecule has 5 nitrogen and oxygen atoms in total. The predicted octanol–water partition coefficient (Wildman–Crippen LogP) is -5.18. The monoisotopic (exact) mass is 195 g/mol. The van der Waals surface area contributed by atoms with E-state index in [4.69, 9.17) is 11.5 Å². The number of carbonyl (C=O) groups excluding carboxylic acids is 1. The normalized spacial score (nSPS) is 10.8. The first-order valence-corrected chi connectivity index (χ1v) is 3.51. The summed E-state index contributed by atoms with van der Waals surface area (Å²) >= 11 is 0. The topological polar surface area (TPSA) is 95.4 Å². The van der Waals surface area contributed by atoms with Gasteiger partial charge in [0.15, 0.2) is 0 Å². The fourth-order valence-electron chi connectivity index (χ4n) is 0.743. The van der Waals surface area contributed by atoms with E-state index in [-0.39, 0.29) is 36.1 Å². The Morgan fingerprint density at radius 2 is 2.15 bits per heavy atom. The predicted molar refractivity (Wildman–Crippen MR) is 43.6 cm³/mol. The number of aliphatic carboxylic acids is 1. The van der Waals surface area contributed by atoms with E-state index in [0.29, 0.717) is 6.54 Å². The number of hydrogen-bond donors (Lipinski definition) is 2. The molecule has 0 aromatic rings. The Morgan fingerprint density at radius 3 is 2.38 bits per heavy atom. The van der Waals surface area contributed by atoms with Crippen LogP contribution in [-0.2, 0) is 4.79 Å². The summed E-state index contributed by atoms with van der Waals surface area (Å²) in [5, 5.41) is 10.2. The fraction of sp³-hybridized carbons (Fsp3) is 0.571. The van der Waals surface area contributed by atoms with Crippen LogP contribution in [0.1, 0.15) is 6.92 Å². The van der Waals surface area contributed by atoms with E-state index >= 15 is 0 Å². The van der Waals surface area contributed by atoms with E-state index in [2.05, 4.69) is 6.58 Å². The quantitative estimate of drug-likeness (QED) is 0.260. The molecule has 0 atom stereocenters. The average molecular weight is 195 g/mol. The summed E-state index contributed by atoms with van der Waals surface area (Å²) in [6.45, 7) is 4.99. The van der Waals surface area contributed by atoms with E-state index in [9.17, 15) is 9.90 Å². The molecule has 0 aliphatic rings. The molecule has 0 fully saturated rings. The van der Waals surface area contributed by atoms with Gasteiger partial charge in [0.05, 0.1) is 5.97 Å². The summed E-state index contributed by atoms with van der Waals surface area (Å²) in [6, 6.07) is 0. The molecule has 0 heterocycles. The van der Waals surface area contributed by atoms with Crippen molar-refractivity contribution in [3.05, 3.63) is 12.7 Å². The molecule has 6 heteroatoms. The Hall–Kier alpha value is 0.0900. The van der Waals surface area contributed by atoms with Crippen LogP contribution in [0.5, 0.6) is 0 Å². The zero-order valence-electron chi connectivity index (χ0n) is 8.12. The van der Waals surface area contributed by atoms with Crippen molar-refractivity contribution >= 4 is 5.97 Å². The SMILES string of the molecule is C=CCN(CC(=O)[O-])C(C)(N)N.[Na+]. The molecule has 0 aromatic heterocycles. The van der Waals surface area contributed by atoms with E-state index in [1.54, 1.807) is 0 Å². The molecule has 0 saturated carbocycles. The number of nitrogens with zero attached hydrogens (tertiary/aromatic N) is 1. The van der Waals surface area contributed by atoms with E-state index in [1.807, 2.05) is 0 Å². The third-order valence-corrected chi connectivity index (χ3v) is 1.35. The van der Waals surface area contributed by atoms with E-state index < -0.39 is 11.8 Å². The molecule has 0 radical (unpaired) electrons. The zero-order valence-corrected chi connectivity index (χ0v) is 10.1. The van der Waals surface area contributed by atoms with Gasteiger partial charge in [-0.1, -0.05) is 6.08 Å². The molecule has 0 spiro atoms. The van der Waals surface area contributed by atoms with Crippen LogP contribution in [0.2, 0.25) is 0 Å². The van der Waals surface area contributed by atoms with Gasteiger partial charge in [0.1, 0.15) is 5.79 Å². The third-order valence-electron chi connectivity index (χ3n) is 1.35. The van der Waals surface area contributed by atoms with Crippen molar-refractivity contribution in [1.82, 2.24) is 4.90 Å². The summed E-state index contributed by atoms with van der Waals surface area (Å²) < 4.78 is 0. The molecular formula is C7H14N3NaO2. The van der Waals surface area contributed by atoms with Crippen molar-refractivity contribution in [2.75, 3.05) is 13.1 Å². The molecule has 0 amide bonds. The van der Waals surface area contributed by atoms with Gasteiger partial charge in [0.2, 0.25) is 0 Å². The molecule has 0 aliphatic heterocycles. The minimum absolute atomic E-state index is 0. The molecule has 0 rings (SSSR count). The maximum Gasteiger partial charge on any atom is 1.00 e. The molecular weight excluding hydrogens is 181 g/mol. The molecule has 70 valence electrons. The van der Waals surface area contributed by atoms with Gasteiger partial charge in [-0.25, -0.2) is 0 Å². The zero-order chi connectivity index (χ0) is 9.78. The minimum Gasteiger partial charge on any atom is -0.549 e. The molecule has 0 aliphatic carbocycles. The second-order valence-corrected chi connectivity index (χ2v) is 2.77. The van der Waals surface area contributed by atoms with Crippen LogP contribution in [0.15, 0.2) is 12.7 Å². The Morgan fingerprint density at radius 1 is 1.69 bits per heavy atom. The third kappa shape index (κ3) is 7.18. The smallest absolute Gasteiger partial charge is 0.549 e. The second kappa shape index (κ2) is 6.53. The Kier molecular flexibility index (Phi) is 7.81. The first kappa shape index (κ1) is 15.6. The van der Waals surface area contributed by atoms with Gasteiger partial charge < -0.3 is 21.4 Å². The van der Waals surface area contributed by atoms with Crippen LogP contribution in [-0.4, -0.2) is 29.7 Å². The van der Waals surface area contributed by atoms with Gasteiger partial charge in [-0.05, 0) is 6.92 Å². The Balaban J connectivity index is 0. The van der Waals surface area contributed by atoms with Crippen molar-refractivity contribution < 1.29 is 39.5 Å². The Labute approximate surface area is 100 Å². The van der Waals surface area contributed by atoms with Crippen LogP contribution in [0.4, 0.5) is 0 Å². The molecule has 0 saturated heterocycles. The first-order chi connectivity index (χ1) is 5.38. The van der Waals surface area contributed by atoms with Gasteiger partial charge in [0, 0.05) is 13.1 Å². The van der Waals surface area contributed by atoms with Crippen molar-refractivity contribution in [3.63, 3.8) is 0 Å². The number of carbonyl (C=O) groups is 1. The van der Waals surface area contributed by atoms with Crippen molar-refractivity contribution in [2.45, 2.75) is 12.7 Å².